The monoisotopic (exact) mass is 334 g/mol. The van der Waals surface area contributed by atoms with Crippen LogP contribution in [0, 0.1) is 0 Å². The van der Waals surface area contributed by atoms with Crippen molar-refractivity contribution in [3.8, 4) is 5.75 Å². The average Bonchev–Trinajstić information content (AvgIpc) is 2.94. The maximum atomic E-state index is 11.5. The lowest BCUT2D eigenvalue weighted by Gasteiger charge is -2.18. The first-order valence-electron chi connectivity index (χ1n) is 7.84. The number of H-pyrrole nitrogens is 1. The van der Waals surface area contributed by atoms with Crippen molar-refractivity contribution in [1.29, 1.82) is 0 Å². The van der Waals surface area contributed by atoms with Gasteiger partial charge in [-0.05, 0) is 37.1 Å². The van der Waals surface area contributed by atoms with Crippen molar-refractivity contribution >= 4 is 22.8 Å². The van der Waals surface area contributed by atoms with Crippen molar-refractivity contribution in [2.75, 3.05) is 6.61 Å². The van der Waals surface area contributed by atoms with Crippen molar-refractivity contribution in [3.63, 3.8) is 0 Å². The summed E-state index contributed by atoms with van der Waals surface area (Å²) in [5, 5.41) is 22.0. The van der Waals surface area contributed by atoms with Gasteiger partial charge in [0.25, 0.3) is 0 Å². The van der Waals surface area contributed by atoms with E-state index in [4.69, 9.17) is 9.84 Å². The third kappa shape index (κ3) is 4.48. The second kappa shape index (κ2) is 7.83. The van der Waals surface area contributed by atoms with Gasteiger partial charge in [0.15, 0.2) is 6.61 Å². The molecule has 0 radical (unpaired) electrons. The zero-order chi connectivity index (χ0) is 17.7. The largest absolute Gasteiger partial charge is 0.482 e. The summed E-state index contributed by atoms with van der Waals surface area (Å²) in [6.07, 6.45) is 2.94. The molecular weight excluding hydrogens is 312 g/mol. The van der Waals surface area contributed by atoms with Crippen LogP contribution in [0.1, 0.15) is 25.8 Å². The van der Waals surface area contributed by atoms with Crippen molar-refractivity contribution in [2.45, 2.75) is 38.8 Å². The molecule has 0 spiro atoms. The molecule has 0 saturated heterocycles. The van der Waals surface area contributed by atoms with Gasteiger partial charge >= 0.3 is 11.9 Å². The van der Waals surface area contributed by atoms with Crippen LogP contribution in [0.3, 0.4) is 0 Å². The SMILES string of the molecule is CCC(C)N[C@@H](Cc1c[nH]c2ccc(OCC(=O)O)cc12)C(=O)O. The predicted octanol–water partition coefficient (Wildman–Crippen LogP) is 2.02. The highest BCUT2D eigenvalue weighted by Crippen LogP contribution is 2.25. The van der Waals surface area contributed by atoms with E-state index >= 15 is 0 Å². The fourth-order valence-electron chi connectivity index (χ4n) is 2.46. The van der Waals surface area contributed by atoms with Crippen LogP contribution < -0.4 is 10.1 Å². The lowest BCUT2D eigenvalue weighted by atomic mass is 10.0. The highest BCUT2D eigenvalue weighted by Gasteiger charge is 2.21. The van der Waals surface area contributed by atoms with Gasteiger partial charge in [-0.15, -0.1) is 0 Å². The van der Waals surface area contributed by atoms with Gasteiger partial charge in [-0.25, -0.2) is 4.79 Å². The Labute approximate surface area is 139 Å². The Morgan fingerprint density at radius 3 is 2.71 bits per heavy atom. The van der Waals surface area contributed by atoms with Crippen LogP contribution >= 0.6 is 0 Å². The number of carbonyl (C=O) groups is 2. The average molecular weight is 334 g/mol. The zero-order valence-corrected chi connectivity index (χ0v) is 13.7. The molecule has 1 aromatic carbocycles. The van der Waals surface area contributed by atoms with Crippen molar-refractivity contribution in [2.24, 2.45) is 0 Å². The molecule has 2 atom stereocenters. The summed E-state index contributed by atoms with van der Waals surface area (Å²) < 4.78 is 5.19. The smallest absolute Gasteiger partial charge is 0.341 e. The predicted molar refractivity (Wildman–Crippen MR) is 89.4 cm³/mol. The van der Waals surface area contributed by atoms with Gasteiger partial charge in [-0.3, -0.25) is 4.79 Å². The molecule has 0 aliphatic carbocycles. The first-order valence-corrected chi connectivity index (χ1v) is 7.84. The fourth-order valence-corrected chi connectivity index (χ4v) is 2.46. The number of aliphatic carboxylic acids is 2. The van der Waals surface area contributed by atoms with Crippen molar-refractivity contribution < 1.29 is 24.5 Å². The first-order chi connectivity index (χ1) is 11.4. The molecule has 1 heterocycles. The van der Waals surface area contributed by atoms with Gasteiger partial charge in [0.1, 0.15) is 11.8 Å². The van der Waals surface area contributed by atoms with Crippen LogP contribution in [-0.4, -0.2) is 45.8 Å². The molecule has 7 heteroatoms. The Morgan fingerprint density at radius 2 is 2.08 bits per heavy atom. The molecule has 24 heavy (non-hydrogen) atoms. The number of carboxylic acid groups (broad SMARTS) is 2. The number of nitrogens with one attached hydrogen (secondary N) is 2. The van der Waals surface area contributed by atoms with Crippen LogP contribution in [0.25, 0.3) is 10.9 Å². The minimum Gasteiger partial charge on any atom is -0.482 e. The van der Waals surface area contributed by atoms with E-state index in [9.17, 15) is 14.7 Å². The Kier molecular flexibility index (Phi) is 5.81. The second-order valence-corrected chi connectivity index (χ2v) is 5.77. The highest BCUT2D eigenvalue weighted by molar-refractivity contribution is 5.85. The highest BCUT2D eigenvalue weighted by atomic mass is 16.5. The van der Waals surface area contributed by atoms with E-state index in [1.54, 1.807) is 24.4 Å². The molecule has 0 aliphatic rings. The van der Waals surface area contributed by atoms with Crippen LogP contribution in [0.4, 0.5) is 0 Å². The third-order valence-corrected chi connectivity index (χ3v) is 3.92. The molecule has 1 aromatic heterocycles. The van der Waals surface area contributed by atoms with Gasteiger partial charge in [0.05, 0.1) is 0 Å². The van der Waals surface area contributed by atoms with Crippen LogP contribution in [0.2, 0.25) is 0 Å². The van der Waals surface area contributed by atoms with Gasteiger partial charge < -0.3 is 25.3 Å². The van der Waals surface area contributed by atoms with Gasteiger partial charge in [0, 0.05) is 29.6 Å². The van der Waals surface area contributed by atoms with E-state index in [0.29, 0.717) is 12.2 Å². The van der Waals surface area contributed by atoms with Gasteiger partial charge in [-0.2, -0.15) is 0 Å². The topological polar surface area (TPSA) is 112 Å². The fraction of sp³-hybridized carbons (Fsp3) is 0.412. The van der Waals surface area contributed by atoms with Crippen LogP contribution in [0.5, 0.6) is 5.75 Å². The Hall–Kier alpha value is -2.54. The quantitative estimate of drug-likeness (QED) is 0.558. The third-order valence-electron chi connectivity index (χ3n) is 3.92. The molecule has 0 saturated carbocycles. The zero-order valence-electron chi connectivity index (χ0n) is 13.7. The summed E-state index contributed by atoms with van der Waals surface area (Å²) in [5.41, 5.74) is 1.69. The Balaban J connectivity index is 2.22. The van der Waals surface area contributed by atoms with Crippen LogP contribution in [-0.2, 0) is 16.0 Å². The maximum absolute atomic E-state index is 11.5. The second-order valence-electron chi connectivity index (χ2n) is 5.77. The van der Waals surface area contributed by atoms with E-state index in [0.717, 1.165) is 22.9 Å². The Morgan fingerprint density at radius 1 is 1.33 bits per heavy atom. The molecule has 1 unspecified atom stereocenters. The molecule has 7 nitrogen and oxygen atoms in total. The number of benzene rings is 1. The van der Waals surface area contributed by atoms with E-state index in [1.165, 1.54) is 0 Å². The van der Waals surface area contributed by atoms with E-state index in [2.05, 4.69) is 10.3 Å². The minimum atomic E-state index is -1.05. The number of aromatic nitrogens is 1. The molecule has 2 rings (SSSR count). The number of aromatic amines is 1. The molecular formula is C17H22N2O5. The van der Waals surface area contributed by atoms with Gasteiger partial charge in [-0.1, -0.05) is 6.92 Å². The normalized spacial score (nSPS) is 13.6. The molecule has 0 amide bonds. The van der Waals surface area contributed by atoms with E-state index < -0.39 is 24.6 Å². The summed E-state index contributed by atoms with van der Waals surface area (Å²) in [6, 6.07) is 4.60. The van der Waals surface area contributed by atoms with Crippen molar-refractivity contribution in [1.82, 2.24) is 10.3 Å². The van der Waals surface area contributed by atoms with E-state index in [-0.39, 0.29) is 6.04 Å². The summed E-state index contributed by atoms with van der Waals surface area (Å²) in [4.78, 5) is 25.2. The van der Waals surface area contributed by atoms with Gasteiger partial charge in [0.2, 0.25) is 0 Å². The number of carboxylic acids is 2. The lowest BCUT2D eigenvalue weighted by molar-refractivity contribution is -0.140. The molecule has 4 N–H and O–H groups in total. The first kappa shape index (κ1) is 17.8. The number of rotatable bonds is 9. The van der Waals surface area contributed by atoms with Crippen molar-refractivity contribution in [3.05, 3.63) is 30.0 Å². The van der Waals surface area contributed by atoms with Crippen LogP contribution in [0.15, 0.2) is 24.4 Å². The standard InChI is InChI=1S/C17H22N2O5/c1-3-10(2)19-15(17(22)23)6-11-8-18-14-5-4-12(7-13(11)14)24-9-16(20)21/h4-5,7-8,10,15,18-19H,3,6,9H2,1-2H3,(H,20,21)(H,22,23)/t10?,15-/m0/s1. The summed E-state index contributed by atoms with van der Waals surface area (Å²) in [6.45, 7) is 3.52. The lowest BCUT2D eigenvalue weighted by Crippen LogP contribution is -2.43. The summed E-state index contributed by atoms with van der Waals surface area (Å²) in [5.74, 6) is -1.51. The van der Waals surface area contributed by atoms with E-state index in [1.807, 2.05) is 13.8 Å². The summed E-state index contributed by atoms with van der Waals surface area (Å²) in [7, 11) is 0. The molecule has 0 aliphatic heterocycles. The number of fused-ring (bicyclic) bond motifs is 1. The molecule has 2 aromatic rings. The number of hydrogen-bond acceptors (Lipinski definition) is 4. The molecule has 130 valence electrons. The Bertz CT molecular complexity index is 725. The maximum Gasteiger partial charge on any atom is 0.341 e. The molecule has 0 bridgehead atoms. The number of hydrogen-bond donors (Lipinski definition) is 4. The summed E-state index contributed by atoms with van der Waals surface area (Å²) >= 11 is 0. The molecule has 0 fully saturated rings. The number of ether oxygens (including phenoxy) is 1. The minimum absolute atomic E-state index is 0.103.